The lowest BCUT2D eigenvalue weighted by molar-refractivity contribution is 0.0356. The Kier molecular flexibility index (Phi) is 21.6. The SMILES string of the molecule is CCOCCOCCC1(CCOCCOCC)c2ccccc2-c2ccc(N(c3ccc4c(c3)C(CCOCCOCC)(CCOCCOCC)c3ccccc3-4)c3ccc4c(c3)c3c(n4-c4ccc(OCCOC)cc4)C(C)CC=C3)cc21. The van der Waals surface area contributed by atoms with Crippen LogP contribution in [0.1, 0.15) is 106 Å². The van der Waals surface area contributed by atoms with Crippen molar-refractivity contribution in [3.8, 4) is 33.7 Å². The van der Waals surface area contributed by atoms with Gasteiger partial charge >= 0.3 is 0 Å². The van der Waals surface area contributed by atoms with E-state index in [1.807, 2.05) is 27.7 Å². The van der Waals surface area contributed by atoms with Crippen LogP contribution in [0.4, 0.5) is 17.1 Å². The van der Waals surface area contributed by atoms with Gasteiger partial charge in [-0.05, 0) is 171 Å². The molecule has 12 nitrogen and oxygen atoms in total. The van der Waals surface area contributed by atoms with Gasteiger partial charge in [0.05, 0.1) is 65.0 Å². The summed E-state index contributed by atoms with van der Waals surface area (Å²) in [5.74, 6) is 1.12. The summed E-state index contributed by atoms with van der Waals surface area (Å²) in [6, 6.07) is 47.9. The minimum atomic E-state index is -0.407. The number of rotatable bonds is 36. The minimum Gasteiger partial charge on any atom is -0.491 e. The van der Waals surface area contributed by atoms with Gasteiger partial charge in [0.2, 0.25) is 0 Å². The third-order valence-electron chi connectivity index (χ3n) is 17.2. The number of nitrogens with zero attached hydrogens (tertiary/aromatic N) is 2. The highest BCUT2D eigenvalue weighted by molar-refractivity contribution is 5.98. The lowest BCUT2D eigenvalue weighted by Gasteiger charge is -2.35. The first-order valence-corrected chi connectivity index (χ1v) is 30.9. The van der Waals surface area contributed by atoms with Crippen LogP contribution in [0, 0.1) is 0 Å². The van der Waals surface area contributed by atoms with E-state index in [9.17, 15) is 0 Å². The molecule has 10 rings (SSSR count). The van der Waals surface area contributed by atoms with E-state index in [4.69, 9.17) is 47.4 Å². The van der Waals surface area contributed by atoms with Gasteiger partial charge in [0, 0.05) is 116 Å². The first-order valence-electron chi connectivity index (χ1n) is 30.9. The second-order valence-corrected chi connectivity index (χ2v) is 22.0. The quantitative estimate of drug-likeness (QED) is 0.0351. The van der Waals surface area contributed by atoms with Crippen LogP contribution in [0.2, 0.25) is 0 Å². The van der Waals surface area contributed by atoms with Crippen molar-refractivity contribution in [1.82, 2.24) is 4.57 Å². The zero-order chi connectivity index (χ0) is 58.1. The molecule has 0 fully saturated rings. The molecule has 84 heavy (non-hydrogen) atoms. The van der Waals surface area contributed by atoms with Gasteiger partial charge in [-0.2, -0.15) is 0 Å². The number of aromatic nitrogens is 1. The fraction of sp³-hybridized carbons (Fsp3) is 0.444. The van der Waals surface area contributed by atoms with Crippen molar-refractivity contribution in [3.05, 3.63) is 167 Å². The molecule has 1 aromatic heterocycles. The van der Waals surface area contributed by atoms with E-state index in [1.165, 1.54) is 61.2 Å². The molecule has 0 spiro atoms. The van der Waals surface area contributed by atoms with Gasteiger partial charge < -0.3 is 56.8 Å². The molecule has 0 saturated heterocycles. The van der Waals surface area contributed by atoms with E-state index < -0.39 is 10.8 Å². The molecule has 0 amide bonds. The average Bonchev–Trinajstić information content (AvgIpc) is 1.72. The van der Waals surface area contributed by atoms with Gasteiger partial charge in [-0.15, -0.1) is 0 Å². The molecular formula is C72H88N2O10. The Morgan fingerprint density at radius 2 is 0.893 bits per heavy atom. The standard InChI is InChI=1S/C72H88N2O10/c1-7-76-41-45-80-36-32-71(33-37-81-46-42-77-8-2)65-20-13-11-17-59(65)61-29-24-56(51-67(61)71)73(55-26-31-69-64(50-55)63-19-15-16-53(5)70(63)74(69)54-22-27-58(28-23-54)84-49-40-75-6)57-25-30-62-60-18-12-14-21-66(60)72(68(62)52-57,34-38-82-47-43-78-9-3)35-39-83-48-44-79-10-4/h11-15,17-31,50-53H,7-10,16,32-49H2,1-6H3. The number of anilines is 3. The zero-order valence-electron chi connectivity index (χ0n) is 50.6. The zero-order valence-corrected chi connectivity index (χ0v) is 50.6. The van der Waals surface area contributed by atoms with Crippen molar-refractivity contribution in [2.45, 2.75) is 83.5 Å². The van der Waals surface area contributed by atoms with Crippen molar-refractivity contribution in [1.29, 1.82) is 0 Å². The topological polar surface area (TPSA) is 100 Å². The summed E-state index contributed by atoms with van der Waals surface area (Å²) < 4.78 is 62.4. The van der Waals surface area contributed by atoms with Crippen molar-refractivity contribution in [2.24, 2.45) is 0 Å². The van der Waals surface area contributed by atoms with Crippen LogP contribution in [0.3, 0.4) is 0 Å². The molecule has 3 aliphatic carbocycles. The summed E-state index contributed by atoms with van der Waals surface area (Å²) >= 11 is 0. The maximum atomic E-state index is 6.43. The van der Waals surface area contributed by atoms with E-state index in [0.29, 0.717) is 125 Å². The predicted molar refractivity (Wildman–Crippen MR) is 338 cm³/mol. The number of ether oxygens (including phenoxy) is 10. The van der Waals surface area contributed by atoms with Crippen molar-refractivity contribution in [2.75, 3.05) is 131 Å². The normalized spacial score (nSPS) is 15.0. The molecule has 6 aromatic carbocycles. The fourth-order valence-corrected chi connectivity index (χ4v) is 13.2. The highest BCUT2D eigenvalue weighted by Crippen LogP contribution is 2.57. The van der Waals surface area contributed by atoms with Crippen LogP contribution in [-0.4, -0.2) is 131 Å². The Morgan fingerprint density at radius 1 is 0.452 bits per heavy atom. The molecule has 1 unspecified atom stereocenters. The Labute approximate surface area is 498 Å². The highest BCUT2D eigenvalue weighted by atomic mass is 16.5. The molecule has 1 atom stereocenters. The summed E-state index contributed by atoms with van der Waals surface area (Å²) in [6.45, 7) is 20.8. The second-order valence-electron chi connectivity index (χ2n) is 22.0. The number of methoxy groups -OCH3 is 1. The number of fused-ring (bicyclic) bond motifs is 9. The summed E-state index contributed by atoms with van der Waals surface area (Å²) in [6.07, 6.45) is 8.74. The van der Waals surface area contributed by atoms with Crippen LogP contribution in [0.15, 0.2) is 133 Å². The van der Waals surface area contributed by atoms with Crippen LogP contribution in [0.25, 0.3) is 44.9 Å². The molecule has 0 bridgehead atoms. The Balaban J connectivity index is 1.14. The van der Waals surface area contributed by atoms with Crippen LogP contribution < -0.4 is 9.64 Å². The van der Waals surface area contributed by atoms with Gasteiger partial charge in [-0.1, -0.05) is 79.7 Å². The second kappa shape index (κ2) is 29.8. The lowest BCUT2D eigenvalue weighted by atomic mass is 9.73. The molecule has 1 heterocycles. The van der Waals surface area contributed by atoms with Gasteiger partial charge in [-0.3, -0.25) is 0 Å². The van der Waals surface area contributed by atoms with Crippen LogP contribution >= 0.6 is 0 Å². The molecule has 0 saturated carbocycles. The van der Waals surface area contributed by atoms with Gasteiger partial charge in [0.15, 0.2) is 0 Å². The Hall–Kier alpha value is -6.16. The van der Waals surface area contributed by atoms with Gasteiger partial charge in [0.25, 0.3) is 0 Å². The van der Waals surface area contributed by atoms with E-state index in [-0.39, 0.29) is 0 Å². The van der Waals surface area contributed by atoms with E-state index in [0.717, 1.165) is 66.1 Å². The van der Waals surface area contributed by atoms with E-state index in [1.54, 1.807) is 7.11 Å². The highest BCUT2D eigenvalue weighted by Gasteiger charge is 2.45. The predicted octanol–water partition coefficient (Wildman–Crippen LogP) is 15.0. The van der Waals surface area contributed by atoms with E-state index >= 15 is 0 Å². The lowest BCUT2D eigenvalue weighted by Crippen LogP contribution is -2.30. The van der Waals surface area contributed by atoms with E-state index in [2.05, 4.69) is 156 Å². The van der Waals surface area contributed by atoms with Crippen molar-refractivity contribution >= 4 is 34.0 Å². The largest absolute Gasteiger partial charge is 0.491 e. The number of hydrogen-bond donors (Lipinski definition) is 0. The summed E-state index contributed by atoms with van der Waals surface area (Å²) in [7, 11) is 1.70. The molecule has 7 aromatic rings. The first-order chi connectivity index (χ1) is 41.4. The van der Waals surface area contributed by atoms with Crippen LogP contribution in [-0.2, 0) is 53.5 Å². The Bertz CT molecular complexity index is 3090. The molecule has 0 N–H and O–H groups in total. The van der Waals surface area contributed by atoms with Crippen molar-refractivity contribution < 1.29 is 47.4 Å². The third-order valence-corrected chi connectivity index (χ3v) is 17.2. The molecule has 12 heteroatoms. The average molecular weight is 1140 g/mol. The maximum absolute atomic E-state index is 6.43. The summed E-state index contributed by atoms with van der Waals surface area (Å²) in [5, 5.41) is 1.20. The molecule has 0 aliphatic heterocycles. The third kappa shape index (κ3) is 13.1. The number of allylic oxidation sites excluding steroid dienone is 1. The monoisotopic (exact) mass is 1140 g/mol. The molecule has 0 radical (unpaired) electrons. The van der Waals surface area contributed by atoms with Crippen molar-refractivity contribution in [3.63, 3.8) is 0 Å². The van der Waals surface area contributed by atoms with Gasteiger partial charge in [0.1, 0.15) is 12.4 Å². The molecule has 446 valence electrons. The number of benzene rings is 6. The first kappa shape index (κ1) is 60.9. The molecule has 3 aliphatic rings. The summed E-state index contributed by atoms with van der Waals surface area (Å²) in [4.78, 5) is 2.50. The smallest absolute Gasteiger partial charge is 0.119 e. The maximum Gasteiger partial charge on any atom is 0.119 e. The van der Waals surface area contributed by atoms with Gasteiger partial charge in [-0.25, -0.2) is 0 Å². The molecular weight excluding hydrogens is 1050 g/mol. The Morgan fingerprint density at radius 3 is 1.37 bits per heavy atom. The van der Waals surface area contributed by atoms with Crippen LogP contribution in [0.5, 0.6) is 5.75 Å². The number of hydrogen-bond acceptors (Lipinski definition) is 11. The fourth-order valence-electron chi connectivity index (χ4n) is 13.2. The minimum absolute atomic E-state index is 0.296. The summed E-state index contributed by atoms with van der Waals surface area (Å²) in [5.41, 5.74) is 17.4.